The Bertz CT molecular complexity index is 368. The third-order valence-corrected chi connectivity index (χ3v) is 3.87. The molecule has 0 spiro atoms. The maximum Gasteiger partial charge on any atom is 0.156 e. The summed E-state index contributed by atoms with van der Waals surface area (Å²) in [5, 5.41) is 0. The number of nitrogens with two attached hydrogens (primary N) is 1. The van der Waals surface area contributed by atoms with Crippen molar-refractivity contribution in [3.63, 3.8) is 0 Å². The molecule has 1 fully saturated rings. The van der Waals surface area contributed by atoms with Gasteiger partial charge in [-0.05, 0) is 34.3 Å². The first kappa shape index (κ1) is 12.7. The van der Waals surface area contributed by atoms with Gasteiger partial charge in [0.25, 0.3) is 0 Å². The van der Waals surface area contributed by atoms with Gasteiger partial charge in [0.05, 0.1) is 16.8 Å². The third kappa shape index (κ3) is 3.35. The molecule has 0 amide bonds. The van der Waals surface area contributed by atoms with Gasteiger partial charge in [0.1, 0.15) is 5.82 Å². The minimum atomic E-state index is -0.350. The first-order valence-electron chi connectivity index (χ1n) is 6.04. The first-order chi connectivity index (χ1) is 8.16. The van der Waals surface area contributed by atoms with Gasteiger partial charge in [0.15, 0.2) is 5.75 Å². The van der Waals surface area contributed by atoms with E-state index in [9.17, 15) is 4.39 Å². The molecular formula is C13H17BrFNO. The summed E-state index contributed by atoms with van der Waals surface area (Å²) in [5.41, 5.74) is 6.07. The van der Waals surface area contributed by atoms with Gasteiger partial charge < -0.3 is 10.5 Å². The summed E-state index contributed by atoms with van der Waals surface area (Å²) in [7, 11) is 0. The Morgan fingerprint density at radius 3 is 2.71 bits per heavy atom. The summed E-state index contributed by atoms with van der Waals surface area (Å²) in [4.78, 5) is 0. The van der Waals surface area contributed by atoms with Crippen LogP contribution < -0.4 is 10.5 Å². The molecule has 0 aliphatic heterocycles. The van der Waals surface area contributed by atoms with Gasteiger partial charge in [0.2, 0.25) is 0 Å². The quantitative estimate of drug-likeness (QED) is 0.849. The summed E-state index contributed by atoms with van der Waals surface area (Å²) in [6.45, 7) is 0.652. The number of rotatable bonds is 4. The van der Waals surface area contributed by atoms with Crippen LogP contribution in [0.15, 0.2) is 16.6 Å². The largest absolute Gasteiger partial charge is 0.490 e. The van der Waals surface area contributed by atoms with Crippen molar-refractivity contribution in [3.05, 3.63) is 22.4 Å². The fraction of sp³-hybridized carbons (Fsp3) is 0.538. The third-order valence-electron chi connectivity index (χ3n) is 3.28. The van der Waals surface area contributed by atoms with Crippen LogP contribution in [0.3, 0.4) is 0 Å². The molecule has 4 heteroatoms. The van der Waals surface area contributed by atoms with Crippen LogP contribution >= 0.6 is 15.9 Å². The van der Waals surface area contributed by atoms with Crippen molar-refractivity contribution >= 4 is 21.6 Å². The smallest absolute Gasteiger partial charge is 0.156 e. The highest BCUT2D eigenvalue weighted by Gasteiger charge is 2.15. The predicted molar refractivity (Wildman–Crippen MR) is 70.6 cm³/mol. The van der Waals surface area contributed by atoms with Crippen LogP contribution in [0.5, 0.6) is 5.75 Å². The Morgan fingerprint density at radius 2 is 2.06 bits per heavy atom. The lowest BCUT2D eigenvalue weighted by atomic mass is 10.1. The molecule has 2 rings (SSSR count). The van der Waals surface area contributed by atoms with Crippen LogP contribution in [0.25, 0.3) is 0 Å². The first-order valence-corrected chi connectivity index (χ1v) is 6.83. The van der Waals surface area contributed by atoms with Crippen LogP contribution in [0.4, 0.5) is 10.1 Å². The van der Waals surface area contributed by atoms with Crippen molar-refractivity contribution < 1.29 is 9.13 Å². The van der Waals surface area contributed by atoms with Gasteiger partial charge >= 0.3 is 0 Å². The van der Waals surface area contributed by atoms with Crippen molar-refractivity contribution in [3.8, 4) is 5.75 Å². The van der Waals surface area contributed by atoms with Gasteiger partial charge in [-0.1, -0.05) is 25.7 Å². The molecule has 1 aliphatic rings. The monoisotopic (exact) mass is 301 g/mol. The zero-order valence-electron chi connectivity index (χ0n) is 9.72. The normalized spacial score (nSPS) is 16.4. The molecule has 17 heavy (non-hydrogen) atoms. The van der Waals surface area contributed by atoms with Gasteiger partial charge in [0, 0.05) is 6.07 Å². The molecule has 0 saturated heterocycles. The Labute approximate surface area is 109 Å². The van der Waals surface area contributed by atoms with E-state index in [-0.39, 0.29) is 5.82 Å². The fourth-order valence-electron chi connectivity index (χ4n) is 2.36. The standard InChI is InChI=1S/C13H17BrFNO/c14-11-7-10(15)8-12(16)13(11)17-6-5-9-3-1-2-4-9/h7-9H,1-6,16H2. The van der Waals surface area contributed by atoms with Gasteiger partial charge in [-0.3, -0.25) is 0 Å². The number of hydrogen-bond donors (Lipinski definition) is 1. The highest BCUT2D eigenvalue weighted by molar-refractivity contribution is 9.10. The van der Waals surface area contributed by atoms with E-state index in [1.54, 1.807) is 0 Å². The highest BCUT2D eigenvalue weighted by Crippen LogP contribution is 2.33. The summed E-state index contributed by atoms with van der Waals surface area (Å²) in [5.74, 6) is 0.998. The maximum atomic E-state index is 13.0. The fourth-order valence-corrected chi connectivity index (χ4v) is 2.92. The molecule has 0 atom stereocenters. The second-order valence-corrected chi connectivity index (χ2v) is 5.45. The molecule has 1 aromatic rings. The average molecular weight is 302 g/mol. The molecule has 2 N–H and O–H groups in total. The predicted octanol–water partition coefficient (Wildman–Crippen LogP) is 4.13. The van der Waals surface area contributed by atoms with Gasteiger partial charge in [-0.15, -0.1) is 0 Å². The van der Waals surface area contributed by atoms with Gasteiger partial charge in [-0.2, -0.15) is 0 Å². The Balaban J connectivity index is 1.89. The Hall–Kier alpha value is -0.770. The van der Waals surface area contributed by atoms with E-state index in [4.69, 9.17) is 10.5 Å². The topological polar surface area (TPSA) is 35.2 Å². The SMILES string of the molecule is Nc1cc(F)cc(Br)c1OCCC1CCCC1. The van der Waals surface area contributed by atoms with Crippen LogP contribution in [0.1, 0.15) is 32.1 Å². The van der Waals surface area contributed by atoms with E-state index in [1.807, 2.05) is 0 Å². The van der Waals surface area contributed by atoms with Crippen LogP contribution in [-0.4, -0.2) is 6.61 Å². The lowest BCUT2D eigenvalue weighted by molar-refractivity contribution is 0.278. The number of nitrogen functional groups attached to an aromatic ring is 1. The van der Waals surface area contributed by atoms with Crippen LogP contribution in [0.2, 0.25) is 0 Å². The van der Waals surface area contributed by atoms with Crippen LogP contribution in [-0.2, 0) is 0 Å². The number of anilines is 1. The highest BCUT2D eigenvalue weighted by atomic mass is 79.9. The van der Waals surface area contributed by atoms with E-state index in [0.717, 1.165) is 12.3 Å². The summed E-state index contributed by atoms with van der Waals surface area (Å²) >= 11 is 3.27. The van der Waals surface area contributed by atoms with Crippen molar-refractivity contribution in [2.24, 2.45) is 5.92 Å². The zero-order valence-corrected chi connectivity index (χ0v) is 11.3. The molecule has 0 radical (unpaired) electrons. The van der Waals surface area contributed by atoms with Crippen molar-refractivity contribution in [1.82, 2.24) is 0 Å². The number of halogens is 2. The Kier molecular flexibility index (Phi) is 4.26. The molecule has 0 aromatic heterocycles. The zero-order chi connectivity index (χ0) is 12.3. The summed E-state index contributed by atoms with van der Waals surface area (Å²) in [6, 6.07) is 2.66. The molecule has 1 saturated carbocycles. The minimum absolute atomic E-state index is 0.350. The van der Waals surface area contributed by atoms with E-state index in [0.29, 0.717) is 22.5 Å². The molecule has 1 aliphatic carbocycles. The summed E-state index contributed by atoms with van der Waals surface area (Å²) in [6.07, 6.45) is 6.36. The second-order valence-electron chi connectivity index (χ2n) is 4.59. The minimum Gasteiger partial charge on any atom is -0.490 e. The lowest BCUT2D eigenvalue weighted by Crippen LogP contribution is -2.06. The molecular weight excluding hydrogens is 285 g/mol. The second kappa shape index (κ2) is 5.71. The van der Waals surface area contributed by atoms with Crippen LogP contribution in [0, 0.1) is 11.7 Å². The van der Waals surface area contributed by atoms with E-state index < -0.39 is 0 Å². The molecule has 1 aromatic carbocycles. The number of ether oxygens (including phenoxy) is 1. The molecule has 94 valence electrons. The summed E-state index contributed by atoms with van der Waals surface area (Å²) < 4.78 is 19.2. The van der Waals surface area contributed by atoms with E-state index >= 15 is 0 Å². The number of benzene rings is 1. The van der Waals surface area contributed by atoms with Crippen molar-refractivity contribution in [1.29, 1.82) is 0 Å². The van der Waals surface area contributed by atoms with E-state index in [2.05, 4.69) is 15.9 Å². The van der Waals surface area contributed by atoms with E-state index in [1.165, 1.54) is 37.8 Å². The molecule has 2 nitrogen and oxygen atoms in total. The number of hydrogen-bond acceptors (Lipinski definition) is 2. The van der Waals surface area contributed by atoms with Crippen molar-refractivity contribution in [2.75, 3.05) is 12.3 Å². The Morgan fingerprint density at radius 1 is 1.35 bits per heavy atom. The molecule has 0 heterocycles. The maximum absolute atomic E-state index is 13.0. The molecule has 0 unspecified atom stereocenters. The lowest BCUT2D eigenvalue weighted by Gasteiger charge is -2.13. The average Bonchev–Trinajstić information content (AvgIpc) is 2.74. The van der Waals surface area contributed by atoms with Gasteiger partial charge in [-0.25, -0.2) is 4.39 Å². The van der Waals surface area contributed by atoms with Crippen molar-refractivity contribution in [2.45, 2.75) is 32.1 Å². The molecule has 0 bridgehead atoms.